The summed E-state index contributed by atoms with van der Waals surface area (Å²) >= 11 is 0. The molecule has 1 amide bonds. The molecule has 2 rings (SSSR count). The lowest BCUT2D eigenvalue weighted by Crippen LogP contribution is -2.14. The Morgan fingerprint density at radius 1 is 1.25 bits per heavy atom. The molecular formula is C13H9FN2O4. The summed E-state index contributed by atoms with van der Waals surface area (Å²) in [5, 5.41) is 22.3. The van der Waals surface area contributed by atoms with E-state index in [0.29, 0.717) is 0 Å². The first-order valence-corrected chi connectivity index (χ1v) is 5.52. The Labute approximate surface area is 112 Å². The predicted octanol–water partition coefficient (Wildman–Crippen LogP) is 2.69. The Bertz CT molecular complexity index is 688. The van der Waals surface area contributed by atoms with Crippen LogP contribution in [0.15, 0.2) is 42.5 Å². The van der Waals surface area contributed by atoms with Crippen molar-refractivity contribution in [3.8, 4) is 5.75 Å². The summed E-state index contributed by atoms with van der Waals surface area (Å²) in [6.07, 6.45) is 0. The first-order chi connectivity index (χ1) is 9.49. The molecular weight excluding hydrogens is 267 g/mol. The zero-order valence-electron chi connectivity index (χ0n) is 10.0. The molecule has 0 saturated carbocycles. The van der Waals surface area contributed by atoms with E-state index in [-0.39, 0.29) is 17.0 Å². The highest BCUT2D eigenvalue weighted by Gasteiger charge is 2.18. The van der Waals surface area contributed by atoms with E-state index in [2.05, 4.69) is 5.32 Å². The Morgan fingerprint density at radius 2 is 1.95 bits per heavy atom. The number of anilines is 1. The lowest BCUT2D eigenvalue weighted by molar-refractivity contribution is -0.384. The number of benzene rings is 2. The summed E-state index contributed by atoms with van der Waals surface area (Å²) in [7, 11) is 0. The summed E-state index contributed by atoms with van der Waals surface area (Å²) in [6.45, 7) is 0. The van der Waals surface area contributed by atoms with E-state index in [1.807, 2.05) is 0 Å². The van der Waals surface area contributed by atoms with E-state index in [4.69, 9.17) is 0 Å². The lowest BCUT2D eigenvalue weighted by atomic mass is 10.2. The van der Waals surface area contributed by atoms with Crippen LogP contribution in [0.4, 0.5) is 15.8 Å². The van der Waals surface area contributed by atoms with Crippen molar-refractivity contribution in [1.29, 1.82) is 0 Å². The average molecular weight is 276 g/mol. The first-order valence-electron chi connectivity index (χ1n) is 5.52. The number of phenols is 1. The van der Waals surface area contributed by atoms with Crippen molar-refractivity contribution < 1.29 is 19.2 Å². The minimum Gasteiger partial charge on any atom is -0.508 e. The number of nitrogens with one attached hydrogen (secondary N) is 1. The summed E-state index contributed by atoms with van der Waals surface area (Å²) < 4.78 is 13.4. The highest BCUT2D eigenvalue weighted by Crippen LogP contribution is 2.28. The van der Waals surface area contributed by atoms with Crippen molar-refractivity contribution in [2.75, 3.05) is 5.32 Å². The van der Waals surface area contributed by atoms with Gasteiger partial charge < -0.3 is 10.4 Å². The molecule has 0 aliphatic carbocycles. The molecule has 0 unspecified atom stereocenters. The molecule has 6 nitrogen and oxygen atoms in total. The van der Waals surface area contributed by atoms with E-state index in [1.54, 1.807) is 0 Å². The van der Waals surface area contributed by atoms with E-state index in [9.17, 15) is 24.4 Å². The zero-order valence-corrected chi connectivity index (χ0v) is 10.0. The molecule has 0 heterocycles. The van der Waals surface area contributed by atoms with Gasteiger partial charge in [-0.25, -0.2) is 4.39 Å². The van der Waals surface area contributed by atoms with Crippen LogP contribution in [0.25, 0.3) is 0 Å². The quantitative estimate of drug-likeness (QED) is 0.512. The van der Waals surface area contributed by atoms with Gasteiger partial charge in [-0.15, -0.1) is 0 Å². The van der Waals surface area contributed by atoms with E-state index < -0.39 is 22.3 Å². The van der Waals surface area contributed by atoms with Crippen LogP contribution >= 0.6 is 0 Å². The maximum absolute atomic E-state index is 13.4. The van der Waals surface area contributed by atoms with Gasteiger partial charge in [0.2, 0.25) is 0 Å². The standard InChI is InChI=1S/C13H9FN2O4/c14-10-4-2-1-3-9(10)13(18)15-11-6-5-8(17)7-12(11)16(19)20/h1-7,17H,(H,15,18). The summed E-state index contributed by atoms with van der Waals surface area (Å²) in [4.78, 5) is 21.9. The summed E-state index contributed by atoms with van der Waals surface area (Å²) in [5.41, 5.74) is -0.828. The van der Waals surface area contributed by atoms with Gasteiger partial charge in [0, 0.05) is 0 Å². The van der Waals surface area contributed by atoms with Gasteiger partial charge in [0.15, 0.2) is 0 Å². The maximum atomic E-state index is 13.4. The van der Waals surface area contributed by atoms with Gasteiger partial charge in [-0.2, -0.15) is 0 Å². The third-order valence-corrected chi connectivity index (χ3v) is 2.54. The van der Waals surface area contributed by atoms with Crippen LogP contribution in [-0.2, 0) is 0 Å². The smallest absolute Gasteiger partial charge is 0.296 e. The molecule has 2 aromatic rings. The third kappa shape index (κ3) is 2.72. The number of phenolic OH excluding ortho intramolecular Hbond substituents is 1. The minimum atomic E-state index is -0.808. The van der Waals surface area contributed by atoms with Crippen LogP contribution in [0.1, 0.15) is 10.4 Å². The number of carbonyl (C=O) groups is 1. The molecule has 20 heavy (non-hydrogen) atoms. The summed E-state index contributed by atoms with van der Waals surface area (Å²) in [6, 6.07) is 8.53. The van der Waals surface area contributed by atoms with E-state index >= 15 is 0 Å². The Kier molecular flexibility index (Phi) is 3.60. The van der Waals surface area contributed by atoms with Crippen molar-refractivity contribution in [2.45, 2.75) is 0 Å². The zero-order chi connectivity index (χ0) is 14.7. The molecule has 0 atom stereocenters. The van der Waals surface area contributed by atoms with Crippen molar-refractivity contribution >= 4 is 17.3 Å². The first kappa shape index (κ1) is 13.5. The molecule has 0 fully saturated rings. The number of amides is 1. The number of carbonyl (C=O) groups excluding carboxylic acids is 1. The molecule has 7 heteroatoms. The molecule has 0 aliphatic heterocycles. The Morgan fingerprint density at radius 3 is 2.60 bits per heavy atom. The van der Waals surface area contributed by atoms with Gasteiger partial charge in [0.1, 0.15) is 17.3 Å². The second-order valence-corrected chi connectivity index (χ2v) is 3.89. The van der Waals surface area contributed by atoms with Gasteiger partial charge in [-0.1, -0.05) is 12.1 Å². The fourth-order valence-corrected chi connectivity index (χ4v) is 1.61. The molecule has 0 aromatic heterocycles. The third-order valence-electron chi connectivity index (χ3n) is 2.54. The Hall–Kier alpha value is -2.96. The van der Waals surface area contributed by atoms with Crippen LogP contribution in [-0.4, -0.2) is 15.9 Å². The van der Waals surface area contributed by atoms with Gasteiger partial charge >= 0.3 is 0 Å². The molecule has 2 N–H and O–H groups in total. The molecule has 2 aromatic carbocycles. The second-order valence-electron chi connectivity index (χ2n) is 3.89. The molecule has 0 saturated heterocycles. The molecule has 0 aliphatic rings. The SMILES string of the molecule is O=C(Nc1ccc(O)cc1[N+](=O)[O-])c1ccccc1F. The number of hydrogen-bond donors (Lipinski definition) is 2. The molecule has 0 bridgehead atoms. The highest BCUT2D eigenvalue weighted by atomic mass is 19.1. The van der Waals surface area contributed by atoms with E-state index in [0.717, 1.165) is 12.1 Å². The predicted molar refractivity (Wildman–Crippen MR) is 69.1 cm³/mol. The van der Waals surface area contributed by atoms with Gasteiger partial charge in [0.05, 0.1) is 16.6 Å². The number of nitro benzene ring substituents is 1. The average Bonchev–Trinajstić information content (AvgIpc) is 2.41. The van der Waals surface area contributed by atoms with Crippen LogP contribution in [0.5, 0.6) is 5.75 Å². The van der Waals surface area contributed by atoms with Crippen LogP contribution in [0.3, 0.4) is 0 Å². The van der Waals surface area contributed by atoms with Gasteiger partial charge in [0.25, 0.3) is 11.6 Å². The van der Waals surface area contributed by atoms with Crippen LogP contribution < -0.4 is 5.32 Å². The van der Waals surface area contributed by atoms with Crippen LogP contribution in [0, 0.1) is 15.9 Å². The number of hydrogen-bond acceptors (Lipinski definition) is 4. The van der Waals surface area contributed by atoms with Crippen LogP contribution in [0.2, 0.25) is 0 Å². The number of aromatic hydroxyl groups is 1. The Balaban J connectivity index is 2.33. The van der Waals surface area contributed by atoms with Crippen molar-refractivity contribution in [2.24, 2.45) is 0 Å². The van der Waals surface area contributed by atoms with Crippen molar-refractivity contribution in [1.82, 2.24) is 0 Å². The highest BCUT2D eigenvalue weighted by molar-refractivity contribution is 6.05. The van der Waals surface area contributed by atoms with Crippen molar-refractivity contribution in [3.63, 3.8) is 0 Å². The normalized spacial score (nSPS) is 10.1. The lowest BCUT2D eigenvalue weighted by Gasteiger charge is -2.07. The topological polar surface area (TPSA) is 92.5 Å². The number of nitrogens with zero attached hydrogens (tertiary/aromatic N) is 1. The van der Waals surface area contributed by atoms with Gasteiger partial charge in [-0.05, 0) is 24.3 Å². The number of nitro groups is 1. The van der Waals surface area contributed by atoms with Gasteiger partial charge in [-0.3, -0.25) is 14.9 Å². The summed E-state index contributed by atoms with van der Waals surface area (Å²) in [5.74, 6) is -1.84. The molecule has 0 spiro atoms. The largest absolute Gasteiger partial charge is 0.508 e. The second kappa shape index (κ2) is 5.35. The minimum absolute atomic E-state index is 0.124. The van der Waals surface area contributed by atoms with Crippen molar-refractivity contribution in [3.05, 3.63) is 64.0 Å². The fraction of sp³-hybridized carbons (Fsp3) is 0. The van der Waals surface area contributed by atoms with E-state index in [1.165, 1.54) is 30.3 Å². The number of rotatable bonds is 3. The monoisotopic (exact) mass is 276 g/mol. The maximum Gasteiger partial charge on any atom is 0.296 e. The fourth-order valence-electron chi connectivity index (χ4n) is 1.61. The molecule has 0 radical (unpaired) electrons. The number of halogens is 1. The molecule has 102 valence electrons.